The summed E-state index contributed by atoms with van der Waals surface area (Å²) >= 11 is 11.8. The van der Waals surface area contributed by atoms with Crippen LogP contribution in [0.3, 0.4) is 0 Å². The number of amides is 1. The molecule has 0 aliphatic carbocycles. The molecule has 146 valence electrons. The van der Waals surface area contributed by atoms with Crippen molar-refractivity contribution in [2.24, 2.45) is 5.10 Å². The molecule has 1 amide bonds. The predicted molar refractivity (Wildman–Crippen MR) is 114 cm³/mol. The lowest BCUT2D eigenvalue weighted by atomic mass is 10.1. The number of halogens is 2. The number of aryl methyl sites for hydroxylation is 1. The van der Waals surface area contributed by atoms with Gasteiger partial charge in [-0.1, -0.05) is 53.0 Å². The van der Waals surface area contributed by atoms with Crippen molar-refractivity contribution in [2.75, 3.05) is 0 Å². The van der Waals surface area contributed by atoms with Crippen LogP contribution in [0.5, 0.6) is 5.75 Å². The summed E-state index contributed by atoms with van der Waals surface area (Å²) in [4.78, 5) is 24.4. The molecule has 0 saturated carbocycles. The standard InChI is InChI=1S/C22H16Cl2N2O3/c1-14-5-7-16(8-6-14)22(28)29-18-4-2-3-15(11-18)13-25-26-21(27)19-10-9-17(23)12-20(19)24/h2-13H,1H3,(H,26,27)/b25-13-. The summed E-state index contributed by atoms with van der Waals surface area (Å²) in [5.41, 5.74) is 4.81. The van der Waals surface area contributed by atoms with E-state index >= 15 is 0 Å². The Hall–Kier alpha value is -3.15. The Balaban J connectivity index is 1.64. The van der Waals surface area contributed by atoms with Crippen molar-refractivity contribution >= 4 is 41.3 Å². The Morgan fingerprint density at radius 3 is 2.48 bits per heavy atom. The van der Waals surface area contributed by atoms with Gasteiger partial charge in [-0.05, 0) is 55.0 Å². The molecule has 7 heteroatoms. The molecule has 5 nitrogen and oxygen atoms in total. The highest BCUT2D eigenvalue weighted by atomic mass is 35.5. The Bertz CT molecular complexity index is 1080. The van der Waals surface area contributed by atoms with Gasteiger partial charge in [0.05, 0.1) is 22.4 Å². The molecule has 0 aliphatic heterocycles. The summed E-state index contributed by atoms with van der Waals surface area (Å²) in [5, 5.41) is 4.58. The van der Waals surface area contributed by atoms with Gasteiger partial charge >= 0.3 is 5.97 Å². The second-order valence-electron chi connectivity index (χ2n) is 6.15. The molecule has 0 aromatic heterocycles. The molecule has 29 heavy (non-hydrogen) atoms. The minimum Gasteiger partial charge on any atom is -0.423 e. The van der Waals surface area contributed by atoms with Gasteiger partial charge in [0, 0.05) is 5.02 Å². The Morgan fingerprint density at radius 1 is 1.00 bits per heavy atom. The lowest BCUT2D eigenvalue weighted by Crippen LogP contribution is -2.18. The van der Waals surface area contributed by atoms with E-state index in [4.69, 9.17) is 27.9 Å². The number of hydrogen-bond donors (Lipinski definition) is 1. The van der Waals surface area contributed by atoms with Gasteiger partial charge in [-0.15, -0.1) is 0 Å². The van der Waals surface area contributed by atoms with Gasteiger partial charge in [0.1, 0.15) is 5.75 Å². The first-order valence-corrected chi connectivity index (χ1v) is 9.35. The summed E-state index contributed by atoms with van der Waals surface area (Å²) in [6, 6.07) is 18.4. The summed E-state index contributed by atoms with van der Waals surface area (Å²) < 4.78 is 5.39. The van der Waals surface area contributed by atoms with Gasteiger partial charge in [-0.25, -0.2) is 10.2 Å². The van der Waals surface area contributed by atoms with E-state index in [0.717, 1.165) is 5.56 Å². The van der Waals surface area contributed by atoms with E-state index in [-0.39, 0.29) is 10.6 Å². The number of hydrogen-bond acceptors (Lipinski definition) is 4. The average Bonchev–Trinajstić information content (AvgIpc) is 2.68. The molecular formula is C22H16Cl2N2O3. The van der Waals surface area contributed by atoms with Gasteiger partial charge in [-0.2, -0.15) is 5.10 Å². The van der Waals surface area contributed by atoms with E-state index in [1.165, 1.54) is 18.3 Å². The van der Waals surface area contributed by atoms with Crippen LogP contribution in [0.1, 0.15) is 31.8 Å². The predicted octanol–water partition coefficient (Wildman–Crippen LogP) is 5.28. The van der Waals surface area contributed by atoms with Crippen LogP contribution >= 0.6 is 23.2 Å². The van der Waals surface area contributed by atoms with Crippen molar-refractivity contribution in [1.29, 1.82) is 0 Å². The topological polar surface area (TPSA) is 67.8 Å². The summed E-state index contributed by atoms with van der Waals surface area (Å²) in [5.74, 6) is -0.554. The maximum absolute atomic E-state index is 12.2. The van der Waals surface area contributed by atoms with Crippen molar-refractivity contribution in [3.8, 4) is 5.75 Å². The van der Waals surface area contributed by atoms with Gasteiger partial charge in [0.25, 0.3) is 5.91 Å². The van der Waals surface area contributed by atoms with Gasteiger partial charge < -0.3 is 4.74 Å². The number of benzene rings is 3. The molecule has 0 saturated heterocycles. The van der Waals surface area contributed by atoms with Crippen molar-refractivity contribution in [3.63, 3.8) is 0 Å². The summed E-state index contributed by atoms with van der Waals surface area (Å²) in [7, 11) is 0. The third kappa shape index (κ3) is 5.67. The minimum absolute atomic E-state index is 0.232. The third-order valence-corrected chi connectivity index (χ3v) is 4.46. The number of rotatable bonds is 5. The van der Waals surface area contributed by atoms with Crippen LogP contribution in [0.25, 0.3) is 0 Å². The number of esters is 1. The molecule has 3 aromatic rings. The van der Waals surface area contributed by atoms with Crippen LogP contribution in [-0.4, -0.2) is 18.1 Å². The smallest absolute Gasteiger partial charge is 0.343 e. The Morgan fingerprint density at radius 2 is 1.76 bits per heavy atom. The summed E-state index contributed by atoms with van der Waals surface area (Å²) in [6.07, 6.45) is 1.44. The van der Waals surface area contributed by atoms with Crippen LogP contribution in [-0.2, 0) is 0 Å². The molecule has 0 unspecified atom stereocenters. The number of hydrazone groups is 1. The fourth-order valence-electron chi connectivity index (χ4n) is 2.41. The van der Waals surface area contributed by atoms with Crippen molar-refractivity contribution < 1.29 is 14.3 Å². The SMILES string of the molecule is Cc1ccc(C(=O)Oc2cccc(/C=N\NC(=O)c3ccc(Cl)cc3Cl)c2)cc1. The number of carbonyl (C=O) groups is 2. The van der Waals surface area contributed by atoms with E-state index < -0.39 is 11.9 Å². The molecule has 0 bridgehead atoms. The second kappa shape index (κ2) is 9.37. The lowest BCUT2D eigenvalue weighted by molar-refractivity contribution is 0.0734. The molecule has 0 spiro atoms. The van der Waals surface area contributed by atoms with Crippen molar-refractivity contribution in [1.82, 2.24) is 5.43 Å². The van der Waals surface area contributed by atoms with Gasteiger partial charge in [-0.3, -0.25) is 4.79 Å². The number of ether oxygens (including phenoxy) is 1. The van der Waals surface area contributed by atoms with E-state index in [0.29, 0.717) is 21.9 Å². The normalized spacial score (nSPS) is 10.7. The first-order valence-electron chi connectivity index (χ1n) is 8.60. The van der Waals surface area contributed by atoms with Crippen molar-refractivity contribution in [3.05, 3.63) is 99.0 Å². The van der Waals surface area contributed by atoms with Crippen LogP contribution in [0, 0.1) is 6.92 Å². The highest BCUT2D eigenvalue weighted by molar-refractivity contribution is 6.36. The largest absolute Gasteiger partial charge is 0.423 e. The molecule has 0 fully saturated rings. The first-order chi connectivity index (χ1) is 13.9. The highest BCUT2D eigenvalue weighted by Gasteiger charge is 2.10. The van der Waals surface area contributed by atoms with Crippen molar-refractivity contribution in [2.45, 2.75) is 6.92 Å². The molecule has 3 aromatic carbocycles. The average molecular weight is 427 g/mol. The maximum atomic E-state index is 12.2. The van der Waals surface area contributed by atoms with E-state index in [9.17, 15) is 9.59 Å². The van der Waals surface area contributed by atoms with E-state index in [1.54, 1.807) is 42.5 Å². The van der Waals surface area contributed by atoms with Gasteiger partial charge in [0.15, 0.2) is 0 Å². The van der Waals surface area contributed by atoms with E-state index in [2.05, 4.69) is 10.5 Å². The van der Waals surface area contributed by atoms with E-state index in [1.807, 2.05) is 19.1 Å². The fourth-order valence-corrected chi connectivity index (χ4v) is 2.91. The number of nitrogens with one attached hydrogen (secondary N) is 1. The third-order valence-electron chi connectivity index (χ3n) is 3.91. The minimum atomic E-state index is -0.468. The highest BCUT2D eigenvalue weighted by Crippen LogP contribution is 2.21. The molecule has 0 atom stereocenters. The zero-order valence-electron chi connectivity index (χ0n) is 15.4. The second-order valence-corrected chi connectivity index (χ2v) is 6.99. The molecular weight excluding hydrogens is 411 g/mol. The van der Waals surface area contributed by atoms with Gasteiger partial charge in [0.2, 0.25) is 0 Å². The Kier molecular flexibility index (Phi) is 6.65. The molecule has 3 rings (SSSR count). The van der Waals surface area contributed by atoms with Crippen LogP contribution in [0.4, 0.5) is 0 Å². The zero-order valence-corrected chi connectivity index (χ0v) is 16.9. The first kappa shape index (κ1) is 20.6. The summed E-state index contributed by atoms with van der Waals surface area (Å²) in [6.45, 7) is 1.94. The fraction of sp³-hybridized carbons (Fsp3) is 0.0455. The number of carbonyl (C=O) groups excluding carboxylic acids is 2. The van der Waals surface area contributed by atoms with Crippen LogP contribution < -0.4 is 10.2 Å². The number of nitrogens with zero attached hydrogens (tertiary/aromatic N) is 1. The zero-order chi connectivity index (χ0) is 20.8. The molecule has 0 heterocycles. The monoisotopic (exact) mass is 426 g/mol. The van der Waals surface area contributed by atoms with Crippen LogP contribution in [0.2, 0.25) is 10.0 Å². The van der Waals surface area contributed by atoms with Crippen LogP contribution in [0.15, 0.2) is 71.8 Å². The quantitative estimate of drug-likeness (QED) is 0.261. The Labute approximate surface area is 177 Å². The molecule has 0 radical (unpaired) electrons. The molecule has 0 aliphatic rings. The maximum Gasteiger partial charge on any atom is 0.343 e. The lowest BCUT2D eigenvalue weighted by Gasteiger charge is -2.05. The molecule has 1 N–H and O–H groups in total.